The molecule has 1 aromatic carbocycles. The van der Waals surface area contributed by atoms with Gasteiger partial charge in [0, 0.05) is 25.4 Å². The number of benzene rings is 1. The predicted octanol–water partition coefficient (Wildman–Crippen LogP) is 2.64. The highest BCUT2D eigenvalue weighted by Gasteiger charge is 2.41. The van der Waals surface area contributed by atoms with Crippen LogP contribution in [0.4, 0.5) is 11.8 Å². The van der Waals surface area contributed by atoms with Crippen LogP contribution in [-0.4, -0.2) is 42.2 Å². The number of rotatable bonds is 2. The third-order valence-corrected chi connectivity index (χ3v) is 6.55. The van der Waals surface area contributed by atoms with Gasteiger partial charge < -0.3 is 19.7 Å². The van der Waals surface area contributed by atoms with E-state index < -0.39 is 17.7 Å². The van der Waals surface area contributed by atoms with Gasteiger partial charge >= 0.3 is 0 Å². The van der Waals surface area contributed by atoms with Gasteiger partial charge in [0.05, 0.1) is 24.8 Å². The Labute approximate surface area is 191 Å². The minimum absolute atomic E-state index is 0.216. The molecule has 0 radical (unpaired) electrons. The van der Waals surface area contributed by atoms with E-state index >= 15 is 0 Å². The molecule has 5 rings (SSSR count). The predicted molar refractivity (Wildman–Crippen MR) is 122 cm³/mol. The highest BCUT2D eigenvalue weighted by atomic mass is 16.5. The number of hydrogen-bond acceptors (Lipinski definition) is 7. The van der Waals surface area contributed by atoms with Crippen LogP contribution in [-0.2, 0) is 4.79 Å². The maximum Gasteiger partial charge on any atom is 0.258 e. The van der Waals surface area contributed by atoms with Crippen molar-refractivity contribution in [3.8, 4) is 17.6 Å². The van der Waals surface area contributed by atoms with Gasteiger partial charge in [0.25, 0.3) is 5.56 Å². The van der Waals surface area contributed by atoms with E-state index in [2.05, 4.69) is 40.1 Å². The van der Waals surface area contributed by atoms with E-state index in [0.29, 0.717) is 48.1 Å². The zero-order valence-electron chi connectivity index (χ0n) is 18.8. The summed E-state index contributed by atoms with van der Waals surface area (Å²) in [5.41, 5.74) is 0.581. The lowest BCUT2D eigenvalue weighted by atomic mass is 9.79. The molecule has 0 saturated carbocycles. The summed E-state index contributed by atoms with van der Waals surface area (Å²) in [6.45, 7) is 7.00. The molecule has 9 heteroatoms. The Morgan fingerprint density at radius 3 is 2.58 bits per heavy atom. The van der Waals surface area contributed by atoms with E-state index in [9.17, 15) is 14.9 Å². The number of nitrogens with one attached hydrogen (secondary N) is 2. The number of aromatic amines is 1. The Kier molecular flexibility index (Phi) is 5.44. The standard InChI is InChI=1S/C24H27N5O4/c1-13-8-14(2)12-29(11-13)24-27-21-20(23(31)28-24)19(16(10-25)22(30)26-21)15-4-5-17-18(9-15)33-7-3-6-32-17/h4-5,9,13-14,16,19H,3,6-8,11-12H2,1-2H3,(H2,26,27,28,30,31). The zero-order chi connectivity index (χ0) is 23.1. The molecule has 1 saturated heterocycles. The Morgan fingerprint density at radius 2 is 1.85 bits per heavy atom. The Hall–Kier alpha value is -3.54. The van der Waals surface area contributed by atoms with Crippen molar-refractivity contribution in [2.45, 2.75) is 32.6 Å². The summed E-state index contributed by atoms with van der Waals surface area (Å²) in [7, 11) is 0. The zero-order valence-corrected chi connectivity index (χ0v) is 18.8. The number of nitriles is 1. The molecule has 1 aromatic heterocycles. The highest BCUT2D eigenvalue weighted by molar-refractivity contribution is 5.98. The molecular formula is C24H27N5O4. The fourth-order valence-electron chi connectivity index (χ4n) is 5.22. The summed E-state index contributed by atoms with van der Waals surface area (Å²) < 4.78 is 11.5. The Morgan fingerprint density at radius 1 is 1.12 bits per heavy atom. The fourth-order valence-corrected chi connectivity index (χ4v) is 5.22. The maximum atomic E-state index is 13.3. The van der Waals surface area contributed by atoms with Crippen LogP contribution in [0.2, 0.25) is 0 Å². The van der Waals surface area contributed by atoms with Gasteiger partial charge in [-0.3, -0.25) is 14.6 Å². The second-order valence-electron chi connectivity index (χ2n) is 9.33. The Bertz CT molecular complexity index is 1180. The van der Waals surface area contributed by atoms with Gasteiger partial charge in [-0.15, -0.1) is 0 Å². The highest BCUT2D eigenvalue weighted by Crippen LogP contribution is 2.41. The quantitative estimate of drug-likeness (QED) is 0.723. The number of carbonyl (C=O) groups excluding carboxylic acids is 1. The maximum absolute atomic E-state index is 13.3. The number of nitrogens with zero attached hydrogens (tertiary/aromatic N) is 3. The van der Waals surface area contributed by atoms with Crippen LogP contribution < -0.4 is 25.2 Å². The average Bonchev–Trinajstić information content (AvgIpc) is 3.02. The van der Waals surface area contributed by atoms with Gasteiger partial charge in [-0.1, -0.05) is 19.9 Å². The molecule has 33 heavy (non-hydrogen) atoms. The van der Waals surface area contributed by atoms with Gasteiger partial charge in [0.2, 0.25) is 11.9 Å². The lowest BCUT2D eigenvalue weighted by Gasteiger charge is -2.36. The first-order chi connectivity index (χ1) is 15.9. The summed E-state index contributed by atoms with van der Waals surface area (Å²) in [5, 5.41) is 12.5. The number of carbonyl (C=O) groups is 1. The molecule has 0 aliphatic carbocycles. The van der Waals surface area contributed by atoms with Gasteiger partial charge in [0.1, 0.15) is 11.7 Å². The van der Waals surface area contributed by atoms with E-state index in [1.807, 2.05) is 0 Å². The molecule has 4 unspecified atom stereocenters. The van der Waals surface area contributed by atoms with Crippen LogP contribution in [0.15, 0.2) is 23.0 Å². The SMILES string of the molecule is CC1CC(C)CN(c2nc3c(c(=O)[nH]2)C(c2ccc4c(c2)OCCCO4)C(C#N)C(=O)N3)C1. The van der Waals surface area contributed by atoms with E-state index in [1.165, 1.54) is 0 Å². The molecular weight excluding hydrogens is 422 g/mol. The van der Waals surface area contributed by atoms with Crippen LogP contribution in [0.1, 0.15) is 43.7 Å². The lowest BCUT2D eigenvalue weighted by Crippen LogP contribution is -2.42. The van der Waals surface area contributed by atoms with Crippen LogP contribution in [0.25, 0.3) is 0 Å². The molecule has 2 N–H and O–H groups in total. The average molecular weight is 450 g/mol. The van der Waals surface area contributed by atoms with Crippen LogP contribution >= 0.6 is 0 Å². The fraction of sp³-hybridized carbons (Fsp3) is 0.500. The van der Waals surface area contributed by atoms with Crippen molar-refractivity contribution in [2.24, 2.45) is 17.8 Å². The third-order valence-electron chi connectivity index (χ3n) is 6.55. The number of fused-ring (bicyclic) bond motifs is 2. The number of aromatic nitrogens is 2. The third kappa shape index (κ3) is 3.90. The van der Waals surface area contributed by atoms with Crippen LogP contribution in [0.5, 0.6) is 11.5 Å². The normalized spacial score (nSPS) is 26.6. The molecule has 0 bridgehead atoms. The second kappa shape index (κ2) is 8.43. The van der Waals surface area contributed by atoms with E-state index in [-0.39, 0.29) is 16.9 Å². The van der Waals surface area contributed by atoms with Crippen molar-refractivity contribution in [3.63, 3.8) is 0 Å². The first-order valence-corrected chi connectivity index (χ1v) is 11.4. The van der Waals surface area contributed by atoms with Crippen molar-refractivity contribution in [1.29, 1.82) is 5.26 Å². The van der Waals surface area contributed by atoms with Gasteiger partial charge in [-0.25, -0.2) is 0 Å². The molecule has 1 fully saturated rings. The summed E-state index contributed by atoms with van der Waals surface area (Å²) in [4.78, 5) is 35.8. The second-order valence-corrected chi connectivity index (χ2v) is 9.33. The van der Waals surface area contributed by atoms with Gasteiger partial charge in [-0.2, -0.15) is 10.2 Å². The molecule has 3 aliphatic heterocycles. The van der Waals surface area contributed by atoms with E-state index in [0.717, 1.165) is 25.9 Å². The summed E-state index contributed by atoms with van der Waals surface area (Å²) in [6, 6.07) is 7.39. The van der Waals surface area contributed by atoms with E-state index in [1.54, 1.807) is 18.2 Å². The minimum Gasteiger partial charge on any atom is -0.490 e. The summed E-state index contributed by atoms with van der Waals surface area (Å²) in [6.07, 6.45) is 1.89. The van der Waals surface area contributed by atoms with Crippen molar-refractivity contribution >= 4 is 17.7 Å². The molecule has 0 spiro atoms. The first-order valence-electron chi connectivity index (χ1n) is 11.4. The molecule has 4 atom stereocenters. The summed E-state index contributed by atoms with van der Waals surface area (Å²) in [5.74, 6) is 0.480. The number of piperidine rings is 1. The number of amides is 1. The largest absolute Gasteiger partial charge is 0.490 e. The molecule has 4 heterocycles. The molecule has 1 amide bonds. The molecule has 172 valence electrons. The minimum atomic E-state index is -1.06. The number of H-pyrrole nitrogens is 1. The van der Waals surface area contributed by atoms with Crippen molar-refractivity contribution < 1.29 is 14.3 Å². The lowest BCUT2D eigenvalue weighted by molar-refractivity contribution is -0.119. The van der Waals surface area contributed by atoms with E-state index in [4.69, 9.17) is 9.47 Å². The molecule has 3 aliphatic rings. The number of hydrogen-bond donors (Lipinski definition) is 2. The smallest absolute Gasteiger partial charge is 0.258 e. The molecule has 9 nitrogen and oxygen atoms in total. The summed E-state index contributed by atoms with van der Waals surface area (Å²) >= 11 is 0. The first kappa shape index (κ1) is 21.3. The van der Waals surface area contributed by atoms with Crippen LogP contribution in [0.3, 0.4) is 0 Å². The van der Waals surface area contributed by atoms with Crippen molar-refractivity contribution in [2.75, 3.05) is 36.5 Å². The van der Waals surface area contributed by atoms with Gasteiger partial charge in [-0.05, 0) is 36.0 Å². The topological polar surface area (TPSA) is 120 Å². The number of ether oxygens (including phenoxy) is 2. The van der Waals surface area contributed by atoms with Crippen molar-refractivity contribution in [1.82, 2.24) is 9.97 Å². The Balaban J connectivity index is 1.59. The van der Waals surface area contributed by atoms with Gasteiger partial charge in [0.15, 0.2) is 11.5 Å². The van der Waals surface area contributed by atoms with Crippen LogP contribution in [0, 0.1) is 29.1 Å². The van der Waals surface area contributed by atoms with Crippen molar-refractivity contribution in [3.05, 3.63) is 39.7 Å². The monoisotopic (exact) mass is 449 g/mol. The molecule has 2 aromatic rings. The number of anilines is 2.